The average molecular weight is 376 g/mol. The van der Waals surface area contributed by atoms with E-state index in [1.54, 1.807) is 6.26 Å². The molecule has 1 aliphatic heterocycles. The highest BCUT2D eigenvalue weighted by Crippen LogP contribution is 2.28. The molecule has 0 unspecified atom stereocenters. The summed E-state index contributed by atoms with van der Waals surface area (Å²) in [4.78, 5) is 21.4. The van der Waals surface area contributed by atoms with Gasteiger partial charge in [-0.2, -0.15) is 0 Å². The smallest absolute Gasteiger partial charge is 0.225 e. The van der Waals surface area contributed by atoms with Crippen LogP contribution in [0.15, 0.2) is 27.8 Å². The first-order valence-corrected chi connectivity index (χ1v) is 10.3. The maximum atomic E-state index is 12.3. The molecule has 1 aromatic heterocycles. The molecule has 2 N–H and O–H groups in total. The lowest BCUT2D eigenvalue weighted by Crippen LogP contribution is -2.51. The Morgan fingerprint density at radius 2 is 2.07 bits per heavy atom. The Morgan fingerprint density at radius 1 is 1.26 bits per heavy atom. The van der Waals surface area contributed by atoms with E-state index in [0.717, 1.165) is 83.3 Å². The Balaban J connectivity index is 1.34. The van der Waals surface area contributed by atoms with Crippen molar-refractivity contribution in [1.29, 1.82) is 0 Å². The second kappa shape index (κ2) is 10.3. The van der Waals surface area contributed by atoms with Crippen molar-refractivity contribution in [2.24, 2.45) is 10.9 Å². The molecule has 150 valence electrons. The zero-order valence-electron chi connectivity index (χ0n) is 16.5. The minimum Gasteiger partial charge on any atom is -0.469 e. The van der Waals surface area contributed by atoms with E-state index < -0.39 is 0 Å². The Hall–Kier alpha value is -2.02. The molecule has 7 heteroatoms. The molecule has 1 saturated heterocycles. The summed E-state index contributed by atoms with van der Waals surface area (Å²) in [5.74, 6) is 2.53. The van der Waals surface area contributed by atoms with Crippen molar-refractivity contribution in [1.82, 2.24) is 20.4 Å². The normalized spacial score (nSPS) is 19.0. The van der Waals surface area contributed by atoms with Crippen molar-refractivity contribution < 1.29 is 9.21 Å². The molecule has 0 aromatic carbocycles. The summed E-state index contributed by atoms with van der Waals surface area (Å²) in [6.45, 7) is 9.03. The van der Waals surface area contributed by atoms with Crippen molar-refractivity contribution in [3.63, 3.8) is 0 Å². The molecule has 0 radical (unpaired) electrons. The van der Waals surface area contributed by atoms with Gasteiger partial charge in [0.25, 0.3) is 0 Å². The standard InChI is InChI=1S/C20H33N5O2/c1-2-21-20(22-9-8-18-7-4-16-27-18)23-10-11-24-12-14-25(15-13-24)19(26)17-5-3-6-17/h4,7,16-17H,2-3,5-6,8-15H2,1H3,(H2,21,22,23). The number of furan rings is 1. The number of rotatable bonds is 8. The van der Waals surface area contributed by atoms with Crippen molar-refractivity contribution in [2.75, 3.05) is 52.4 Å². The average Bonchev–Trinajstić information content (AvgIpc) is 3.14. The van der Waals surface area contributed by atoms with Crippen LogP contribution >= 0.6 is 0 Å². The van der Waals surface area contributed by atoms with E-state index in [-0.39, 0.29) is 0 Å². The molecule has 7 nitrogen and oxygen atoms in total. The number of guanidine groups is 1. The van der Waals surface area contributed by atoms with E-state index in [9.17, 15) is 4.79 Å². The van der Waals surface area contributed by atoms with Crippen molar-refractivity contribution in [3.05, 3.63) is 24.2 Å². The molecule has 0 bridgehead atoms. The van der Waals surface area contributed by atoms with Crippen molar-refractivity contribution >= 4 is 11.9 Å². The van der Waals surface area contributed by atoms with Gasteiger partial charge in [0, 0.05) is 58.2 Å². The SMILES string of the molecule is CCNC(=NCCN1CCN(C(=O)C2CCC2)CC1)NCCc1ccco1. The van der Waals surface area contributed by atoms with E-state index in [4.69, 9.17) is 4.42 Å². The van der Waals surface area contributed by atoms with Crippen LogP contribution in [0.2, 0.25) is 0 Å². The minimum absolute atomic E-state index is 0.316. The molecule has 0 spiro atoms. The van der Waals surface area contributed by atoms with Crippen LogP contribution in [0.25, 0.3) is 0 Å². The van der Waals surface area contributed by atoms with Crippen LogP contribution in [-0.2, 0) is 11.2 Å². The van der Waals surface area contributed by atoms with E-state index in [0.29, 0.717) is 11.8 Å². The molecular formula is C20H33N5O2. The number of aliphatic imine (C=N–C) groups is 1. The largest absolute Gasteiger partial charge is 0.469 e. The van der Waals surface area contributed by atoms with Gasteiger partial charge < -0.3 is 20.0 Å². The van der Waals surface area contributed by atoms with Gasteiger partial charge in [0.2, 0.25) is 5.91 Å². The molecule has 27 heavy (non-hydrogen) atoms. The number of nitrogens with one attached hydrogen (secondary N) is 2. The molecular weight excluding hydrogens is 342 g/mol. The van der Waals surface area contributed by atoms with Crippen LogP contribution in [0.3, 0.4) is 0 Å². The van der Waals surface area contributed by atoms with E-state index in [1.807, 2.05) is 12.1 Å². The predicted octanol–water partition coefficient (Wildman–Crippen LogP) is 1.32. The third-order valence-electron chi connectivity index (χ3n) is 5.41. The van der Waals surface area contributed by atoms with E-state index in [2.05, 4.69) is 32.3 Å². The van der Waals surface area contributed by atoms with Gasteiger partial charge in [0.05, 0.1) is 12.8 Å². The summed E-state index contributed by atoms with van der Waals surface area (Å²) in [6.07, 6.45) is 5.95. The number of hydrogen-bond acceptors (Lipinski definition) is 4. The van der Waals surface area contributed by atoms with Gasteiger partial charge in [-0.15, -0.1) is 0 Å². The second-order valence-electron chi connectivity index (χ2n) is 7.31. The highest BCUT2D eigenvalue weighted by Gasteiger charge is 2.30. The zero-order chi connectivity index (χ0) is 18.9. The number of piperazine rings is 1. The summed E-state index contributed by atoms with van der Waals surface area (Å²) in [5, 5.41) is 6.64. The molecule has 1 amide bonds. The summed E-state index contributed by atoms with van der Waals surface area (Å²) in [5.41, 5.74) is 0. The Morgan fingerprint density at radius 3 is 2.70 bits per heavy atom. The van der Waals surface area contributed by atoms with Crippen LogP contribution < -0.4 is 10.6 Å². The lowest BCUT2D eigenvalue weighted by Gasteiger charge is -2.38. The monoisotopic (exact) mass is 375 g/mol. The fourth-order valence-electron chi connectivity index (χ4n) is 3.51. The van der Waals surface area contributed by atoms with E-state index in [1.165, 1.54) is 6.42 Å². The fourth-order valence-corrected chi connectivity index (χ4v) is 3.51. The molecule has 1 aliphatic carbocycles. The van der Waals surface area contributed by atoms with Gasteiger partial charge >= 0.3 is 0 Å². The number of amides is 1. The number of nitrogens with zero attached hydrogens (tertiary/aromatic N) is 3. The number of carbonyl (C=O) groups is 1. The van der Waals surface area contributed by atoms with Crippen molar-refractivity contribution in [2.45, 2.75) is 32.6 Å². The summed E-state index contributed by atoms with van der Waals surface area (Å²) < 4.78 is 5.35. The third-order valence-corrected chi connectivity index (χ3v) is 5.41. The van der Waals surface area contributed by atoms with Gasteiger partial charge in [-0.05, 0) is 31.9 Å². The Labute approximate surface area is 162 Å². The van der Waals surface area contributed by atoms with Crippen molar-refractivity contribution in [3.8, 4) is 0 Å². The molecule has 0 atom stereocenters. The summed E-state index contributed by atoms with van der Waals surface area (Å²) in [7, 11) is 0. The summed E-state index contributed by atoms with van der Waals surface area (Å²) in [6, 6.07) is 3.90. The quantitative estimate of drug-likeness (QED) is 0.530. The van der Waals surface area contributed by atoms with Crippen LogP contribution in [0.1, 0.15) is 31.9 Å². The van der Waals surface area contributed by atoms with Crippen LogP contribution in [-0.4, -0.2) is 74.0 Å². The maximum Gasteiger partial charge on any atom is 0.225 e. The van der Waals surface area contributed by atoms with Crippen LogP contribution in [0.5, 0.6) is 0 Å². The van der Waals surface area contributed by atoms with Gasteiger partial charge in [0.1, 0.15) is 5.76 Å². The van der Waals surface area contributed by atoms with Gasteiger partial charge in [-0.25, -0.2) is 0 Å². The first-order valence-electron chi connectivity index (χ1n) is 10.3. The van der Waals surface area contributed by atoms with Crippen LogP contribution in [0, 0.1) is 5.92 Å². The lowest BCUT2D eigenvalue weighted by molar-refractivity contribution is -0.139. The minimum atomic E-state index is 0.316. The molecule has 1 saturated carbocycles. The van der Waals surface area contributed by atoms with Gasteiger partial charge in [0.15, 0.2) is 5.96 Å². The Bertz CT molecular complexity index is 590. The second-order valence-corrected chi connectivity index (χ2v) is 7.31. The molecule has 2 fully saturated rings. The molecule has 2 heterocycles. The molecule has 1 aromatic rings. The number of carbonyl (C=O) groups excluding carboxylic acids is 1. The lowest BCUT2D eigenvalue weighted by atomic mass is 9.84. The first kappa shape index (κ1) is 19.7. The summed E-state index contributed by atoms with van der Waals surface area (Å²) >= 11 is 0. The molecule has 3 rings (SSSR count). The number of hydrogen-bond donors (Lipinski definition) is 2. The topological polar surface area (TPSA) is 73.1 Å². The first-order chi connectivity index (χ1) is 13.3. The van der Waals surface area contributed by atoms with E-state index >= 15 is 0 Å². The van der Waals surface area contributed by atoms with Gasteiger partial charge in [-0.1, -0.05) is 6.42 Å². The zero-order valence-corrected chi connectivity index (χ0v) is 16.5. The highest BCUT2D eigenvalue weighted by molar-refractivity contribution is 5.80. The predicted molar refractivity (Wildman–Crippen MR) is 107 cm³/mol. The molecule has 2 aliphatic rings. The maximum absolute atomic E-state index is 12.3. The van der Waals surface area contributed by atoms with Gasteiger partial charge in [-0.3, -0.25) is 14.7 Å². The Kier molecular flexibility index (Phi) is 7.56. The van der Waals surface area contributed by atoms with Crippen LogP contribution in [0.4, 0.5) is 0 Å². The highest BCUT2D eigenvalue weighted by atomic mass is 16.3. The third kappa shape index (κ3) is 5.99. The fraction of sp³-hybridized carbons (Fsp3) is 0.700.